The molecule has 0 fully saturated rings. The van der Waals surface area contributed by atoms with Crippen LogP contribution in [0.3, 0.4) is 0 Å². The Morgan fingerprint density at radius 3 is 1.73 bits per heavy atom. The van der Waals surface area contributed by atoms with Gasteiger partial charge in [0.1, 0.15) is 11.5 Å². The zero-order valence-corrected chi connectivity index (χ0v) is 12.6. The van der Waals surface area contributed by atoms with Crippen molar-refractivity contribution in [3.63, 3.8) is 0 Å². The zero-order valence-electron chi connectivity index (χ0n) is 12.6. The minimum atomic E-state index is -0.0591. The molecular weight excluding hydrogens is 292 g/mol. The molecule has 0 saturated carbocycles. The molecule has 0 radical (unpaired) electrons. The Hall–Kier alpha value is -1.38. The summed E-state index contributed by atoms with van der Waals surface area (Å²) in [5.74, 6) is 1.15. The van der Waals surface area contributed by atoms with Crippen LogP contribution in [0, 0.1) is 0 Å². The number of aryl methyl sites for hydroxylation is 1. The third-order valence-corrected chi connectivity index (χ3v) is 2.65. The summed E-state index contributed by atoms with van der Waals surface area (Å²) in [7, 11) is 0. The van der Waals surface area contributed by atoms with Crippen LogP contribution >= 0.6 is 0 Å². The van der Waals surface area contributed by atoms with Gasteiger partial charge in [-0.1, -0.05) is 0 Å². The molecule has 0 bridgehead atoms. The van der Waals surface area contributed by atoms with Crippen LogP contribution in [0.15, 0.2) is 18.2 Å². The second kappa shape index (κ2) is 12.2. The zero-order chi connectivity index (χ0) is 16.0. The molecule has 1 aromatic carbocycles. The Kier molecular flexibility index (Phi) is 10.3. The number of benzene rings is 1. The van der Waals surface area contributed by atoms with E-state index >= 15 is 0 Å². The molecular formula is C15H24O7. The molecule has 22 heavy (non-hydrogen) atoms. The van der Waals surface area contributed by atoms with Crippen molar-refractivity contribution in [1.29, 1.82) is 0 Å². The first-order chi connectivity index (χ1) is 10.8. The highest BCUT2D eigenvalue weighted by Gasteiger charge is 2.04. The summed E-state index contributed by atoms with van der Waals surface area (Å²) in [4.78, 5) is 0. The molecule has 0 saturated heterocycles. The van der Waals surface area contributed by atoms with E-state index in [1.807, 2.05) is 12.1 Å². The second-order valence-corrected chi connectivity index (χ2v) is 4.43. The molecule has 7 heteroatoms. The third kappa shape index (κ3) is 8.16. The number of hydrogen-bond acceptors (Lipinski definition) is 7. The largest absolute Gasteiger partial charge is 0.467 e. The molecule has 0 heterocycles. The fourth-order valence-corrected chi connectivity index (χ4v) is 1.69. The smallest absolute Gasteiger partial charge is 0.189 e. The quantitative estimate of drug-likeness (QED) is 0.356. The Bertz CT molecular complexity index is 367. The van der Waals surface area contributed by atoms with Gasteiger partial charge in [-0.05, 0) is 30.5 Å². The fourth-order valence-electron chi connectivity index (χ4n) is 1.69. The van der Waals surface area contributed by atoms with E-state index < -0.39 is 0 Å². The van der Waals surface area contributed by atoms with Crippen LogP contribution in [0.25, 0.3) is 0 Å². The maximum Gasteiger partial charge on any atom is 0.189 e. The van der Waals surface area contributed by atoms with Crippen molar-refractivity contribution in [2.45, 2.75) is 12.8 Å². The van der Waals surface area contributed by atoms with Gasteiger partial charge in [0.25, 0.3) is 0 Å². The van der Waals surface area contributed by atoms with Gasteiger partial charge >= 0.3 is 0 Å². The van der Waals surface area contributed by atoms with Gasteiger partial charge in [0.2, 0.25) is 0 Å². The van der Waals surface area contributed by atoms with Gasteiger partial charge in [0.05, 0.1) is 26.4 Å². The molecule has 0 aliphatic heterocycles. The maximum absolute atomic E-state index is 8.92. The summed E-state index contributed by atoms with van der Waals surface area (Å²) in [6.07, 6.45) is 1.34. The standard InChI is InChI=1S/C15H24O7/c16-3-1-2-13-8-14(21-11-19-6-4-17)10-15(9-13)22-12-20-7-5-18/h8-10,16-18H,1-7,11-12H2. The number of rotatable bonds is 13. The summed E-state index contributed by atoms with van der Waals surface area (Å²) >= 11 is 0. The summed E-state index contributed by atoms with van der Waals surface area (Å²) in [5.41, 5.74) is 0.964. The van der Waals surface area contributed by atoms with Gasteiger partial charge in [-0.3, -0.25) is 0 Å². The van der Waals surface area contributed by atoms with E-state index in [1.165, 1.54) is 0 Å². The Labute approximate surface area is 130 Å². The molecule has 0 atom stereocenters. The summed E-state index contributed by atoms with van der Waals surface area (Å²) in [6.45, 7) is 0.480. The lowest BCUT2D eigenvalue weighted by Gasteiger charge is -2.12. The van der Waals surface area contributed by atoms with E-state index in [-0.39, 0.29) is 46.6 Å². The molecule has 126 valence electrons. The van der Waals surface area contributed by atoms with Crippen LogP contribution in [0.4, 0.5) is 0 Å². The van der Waals surface area contributed by atoms with Crippen molar-refractivity contribution in [1.82, 2.24) is 0 Å². The lowest BCUT2D eigenvalue weighted by atomic mass is 10.1. The highest BCUT2D eigenvalue weighted by atomic mass is 16.7. The SMILES string of the molecule is OCCCc1cc(OCOCCO)cc(OCOCCO)c1. The molecule has 3 N–H and O–H groups in total. The summed E-state index contributed by atoms with van der Waals surface area (Å²) in [5, 5.41) is 26.2. The van der Waals surface area contributed by atoms with Crippen molar-refractivity contribution in [3.8, 4) is 11.5 Å². The van der Waals surface area contributed by atoms with Gasteiger partial charge in [0.15, 0.2) is 13.6 Å². The van der Waals surface area contributed by atoms with Crippen LogP contribution < -0.4 is 9.47 Å². The van der Waals surface area contributed by atoms with E-state index in [1.54, 1.807) is 6.07 Å². The first-order valence-corrected chi connectivity index (χ1v) is 7.17. The maximum atomic E-state index is 8.92. The monoisotopic (exact) mass is 316 g/mol. The lowest BCUT2D eigenvalue weighted by molar-refractivity contribution is -0.00462. The van der Waals surface area contributed by atoms with Gasteiger partial charge in [0, 0.05) is 12.7 Å². The normalized spacial score (nSPS) is 10.7. The van der Waals surface area contributed by atoms with Gasteiger partial charge in [-0.2, -0.15) is 0 Å². The molecule has 0 aromatic heterocycles. The molecule has 0 unspecified atom stereocenters. The second-order valence-electron chi connectivity index (χ2n) is 4.43. The van der Waals surface area contributed by atoms with Crippen molar-refractivity contribution < 1.29 is 34.3 Å². The van der Waals surface area contributed by atoms with E-state index in [9.17, 15) is 0 Å². The van der Waals surface area contributed by atoms with Crippen molar-refractivity contribution in [3.05, 3.63) is 23.8 Å². The fraction of sp³-hybridized carbons (Fsp3) is 0.600. The molecule has 0 aliphatic rings. The average Bonchev–Trinajstić information content (AvgIpc) is 2.54. The molecule has 7 nitrogen and oxygen atoms in total. The molecule has 1 aromatic rings. The van der Waals surface area contributed by atoms with E-state index in [2.05, 4.69) is 0 Å². The van der Waals surface area contributed by atoms with Crippen LogP contribution in [-0.2, 0) is 15.9 Å². The Morgan fingerprint density at radius 2 is 1.27 bits per heavy atom. The van der Waals surface area contributed by atoms with Gasteiger partial charge < -0.3 is 34.3 Å². The Morgan fingerprint density at radius 1 is 0.727 bits per heavy atom. The predicted octanol–water partition coefficient (Wildman–Crippen LogP) is 0.302. The molecule has 0 spiro atoms. The van der Waals surface area contributed by atoms with Gasteiger partial charge in [-0.25, -0.2) is 0 Å². The molecule has 0 amide bonds. The third-order valence-electron chi connectivity index (χ3n) is 2.65. The van der Waals surface area contributed by atoms with Crippen LogP contribution in [0.1, 0.15) is 12.0 Å². The van der Waals surface area contributed by atoms with E-state index in [4.69, 9.17) is 34.3 Å². The van der Waals surface area contributed by atoms with E-state index in [0.717, 1.165) is 5.56 Å². The average molecular weight is 316 g/mol. The summed E-state index contributed by atoms with van der Waals surface area (Å²) in [6, 6.07) is 5.39. The van der Waals surface area contributed by atoms with Crippen LogP contribution in [0.5, 0.6) is 11.5 Å². The highest BCUT2D eigenvalue weighted by Crippen LogP contribution is 2.24. The molecule has 1 rings (SSSR count). The predicted molar refractivity (Wildman–Crippen MR) is 78.9 cm³/mol. The van der Waals surface area contributed by atoms with Crippen molar-refractivity contribution >= 4 is 0 Å². The first-order valence-electron chi connectivity index (χ1n) is 7.17. The minimum absolute atomic E-state index is 0.0322. The number of ether oxygens (including phenoxy) is 4. The van der Waals surface area contributed by atoms with Gasteiger partial charge in [-0.15, -0.1) is 0 Å². The summed E-state index contributed by atoms with van der Waals surface area (Å²) < 4.78 is 21.0. The molecule has 0 aliphatic carbocycles. The number of aliphatic hydroxyl groups is 3. The van der Waals surface area contributed by atoms with E-state index in [0.29, 0.717) is 24.3 Å². The Balaban J connectivity index is 2.59. The van der Waals surface area contributed by atoms with Crippen LogP contribution in [-0.4, -0.2) is 61.9 Å². The highest BCUT2D eigenvalue weighted by molar-refractivity contribution is 5.38. The number of aliphatic hydroxyl groups excluding tert-OH is 3. The van der Waals surface area contributed by atoms with Crippen molar-refractivity contribution in [2.75, 3.05) is 46.6 Å². The van der Waals surface area contributed by atoms with Crippen LogP contribution in [0.2, 0.25) is 0 Å². The lowest BCUT2D eigenvalue weighted by Crippen LogP contribution is -2.08. The topological polar surface area (TPSA) is 97.6 Å². The first kappa shape index (κ1) is 18.7. The van der Waals surface area contributed by atoms with Crippen molar-refractivity contribution in [2.24, 2.45) is 0 Å². The minimum Gasteiger partial charge on any atom is -0.467 e. The number of hydrogen-bond donors (Lipinski definition) is 3.